The number of aliphatic imine (C=N–C) groups is 1. The molecule has 0 radical (unpaired) electrons. The topological polar surface area (TPSA) is 80.2 Å². The van der Waals surface area contributed by atoms with Crippen molar-refractivity contribution in [1.82, 2.24) is 10.2 Å². The molecule has 0 bridgehead atoms. The van der Waals surface area contributed by atoms with Crippen LogP contribution in [0.25, 0.3) is 0 Å². The van der Waals surface area contributed by atoms with Crippen molar-refractivity contribution in [1.29, 1.82) is 0 Å². The summed E-state index contributed by atoms with van der Waals surface area (Å²) in [5.74, 6) is 7.35. The third-order valence-corrected chi connectivity index (χ3v) is 7.10. The molecule has 0 aromatic heterocycles. The first kappa shape index (κ1) is 36.2. The number of ether oxygens (including phenoxy) is 2. The van der Waals surface area contributed by atoms with Crippen LogP contribution in [0.3, 0.4) is 0 Å². The fourth-order valence-corrected chi connectivity index (χ4v) is 5.29. The first-order chi connectivity index (χ1) is 20.2. The molecular formula is C36H57N3O4. The zero-order valence-electron chi connectivity index (χ0n) is 28.1. The van der Waals surface area contributed by atoms with Crippen LogP contribution in [0.2, 0.25) is 0 Å². The average Bonchev–Trinajstić information content (AvgIpc) is 2.86. The van der Waals surface area contributed by atoms with Gasteiger partial charge in [-0.3, -0.25) is 5.32 Å². The van der Waals surface area contributed by atoms with Gasteiger partial charge in [0.05, 0.1) is 6.04 Å². The van der Waals surface area contributed by atoms with Crippen LogP contribution in [0.5, 0.6) is 0 Å². The van der Waals surface area contributed by atoms with Crippen LogP contribution >= 0.6 is 0 Å². The largest absolute Gasteiger partial charge is 0.444 e. The monoisotopic (exact) mass is 595 g/mol. The minimum atomic E-state index is -0.754. The van der Waals surface area contributed by atoms with E-state index in [9.17, 15) is 9.59 Å². The number of carbonyl (C=O) groups excluding carboxylic acids is 2. The molecule has 1 saturated carbocycles. The highest BCUT2D eigenvalue weighted by atomic mass is 16.6. The number of carbonyl (C=O) groups is 2. The van der Waals surface area contributed by atoms with Crippen LogP contribution in [0.15, 0.2) is 35.3 Å². The number of nitrogens with zero attached hydrogens (tertiary/aromatic N) is 2. The second-order valence-corrected chi connectivity index (χ2v) is 14.1. The number of alkyl carbamates (subject to hydrolysis) is 1. The van der Waals surface area contributed by atoms with Crippen molar-refractivity contribution in [3.63, 3.8) is 0 Å². The van der Waals surface area contributed by atoms with Crippen LogP contribution in [0.1, 0.15) is 138 Å². The molecule has 1 unspecified atom stereocenters. The Bertz CT molecular complexity index is 1060. The van der Waals surface area contributed by atoms with Crippen molar-refractivity contribution in [3.8, 4) is 11.8 Å². The van der Waals surface area contributed by atoms with Crippen LogP contribution in [0, 0.1) is 17.8 Å². The van der Waals surface area contributed by atoms with E-state index in [0.717, 1.165) is 50.5 Å². The molecule has 0 spiro atoms. The second kappa shape index (κ2) is 18.0. The molecule has 2 rings (SSSR count). The van der Waals surface area contributed by atoms with Gasteiger partial charge >= 0.3 is 12.2 Å². The number of benzene rings is 1. The van der Waals surface area contributed by atoms with E-state index in [1.807, 2.05) is 51.1 Å². The van der Waals surface area contributed by atoms with E-state index >= 15 is 0 Å². The molecule has 1 aliphatic rings. The molecule has 7 heteroatoms. The molecule has 0 aliphatic heterocycles. The van der Waals surface area contributed by atoms with E-state index < -0.39 is 23.4 Å². The second-order valence-electron chi connectivity index (χ2n) is 14.1. The lowest BCUT2D eigenvalue weighted by atomic mass is 9.94. The van der Waals surface area contributed by atoms with Crippen molar-refractivity contribution in [2.45, 2.75) is 156 Å². The van der Waals surface area contributed by atoms with Gasteiger partial charge in [-0.2, -0.15) is 0 Å². The average molecular weight is 596 g/mol. The highest BCUT2D eigenvalue weighted by Crippen LogP contribution is 2.25. The van der Waals surface area contributed by atoms with E-state index in [1.165, 1.54) is 32.1 Å². The molecule has 1 atom stereocenters. The summed E-state index contributed by atoms with van der Waals surface area (Å²) < 4.78 is 11.3. The summed E-state index contributed by atoms with van der Waals surface area (Å²) >= 11 is 0. The first-order valence-corrected chi connectivity index (χ1v) is 16.4. The smallest absolute Gasteiger partial charge is 0.437 e. The predicted molar refractivity (Wildman–Crippen MR) is 176 cm³/mol. The predicted octanol–water partition coefficient (Wildman–Crippen LogP) is 9.24. The molecule has 0 saturated heterocycles. The van der Waals surface area contributed by atoms with Gasteiger partial charge in [-0.1, -0.05) is 102 Å². The molecule has 2 amide bonds. The van der Waals surface area contributed by atoms with E-state index in [0.29, 0.717) is 5.92 Å². The van der Waals surface area contributed by atoms with Gasteiger partial charge in [0.25, 0.3) is 0 Å². The number of nitrogens with one attached hydrogen (secondary N) is 1. The number of hydrogen-bond acceptors (Lipinski definition) is 4. The molecule has 43 heavy (non-hydrogen) atoms. The normalized spacial score (nSPS) is 17.0. The van der Waals surface area contributed by atoms with E-state index in [2.05, 4.69) is 40.9 Å². The maximum atomic E-state index is 13.2. The summed E-state index contributed by atoms with van der Waals surface area (Å²) in [5.41, 5.74) is -0.538. The Hall–Kier alpha value is -3.01. The summed E-state index contributed by atoms with van der Waals surface area (Å²) in [6.45, 7) is 15.2. The molecule has 1 aromatic rings. The summed E-state index contributed by atoms with van der Waals surface area (Å²) in [4.78, 5) is 32.9. The van der Waals surface area contributed by atoms with Gasteiger partial charge in [-0.05, 0) is 78.9 Å². The molecule has 1 aromatic carbocycles. The zero-order valence-corrected chi connectivity index (χ0v) is 28.1. The van der Waals surface area contributed by atoms with Crippen LogP contribution in [0.4, 0.5) is 9.59 Å². The van der Waals surface area contributed by atoms with Crippen molar-refractivity contribution >= 4 is 18.1 Å². The molecule has 1 fully saturated rings. The van der Waals surface area contributed by atoms with E-state index in [4.69, 9.17) is 9.47 Å². The van der Waals surface area contributed by atoms with Gasteiger partial charge in [0.1, 0.15) is 11.2 Å². The van der Waals surface area contributed by atoms with Crippen LogP contribution < -0.4 is 5.32 Å². The van der Waals surface area contributed by atoms with Gasteiger partial charge in [0, 0.05) is 11.6 Å². The van der Waals surface area contributed by atoms with Crippen molar-refractivity contribution < 1.29 is 19.1 Å². The van der Waals surface area contributed by atoms with Crippen molar-refractivity contribution in [2.75, 3.05) is 0 Å². The van der Waals surface area contributed by atoms with Crippen LogP contribution in [-0.2, 0) is 9.47 Å². The van der Waals surface area contributed by atoms with Crippen molar-refractivity contribution in [3.05, 3.63) is 35.9 Å². The van der Waals surface area contributed by atoms with Gasteiger partial charge in [-0.15, -0.1) is 4.99 Å². The fraction of sp³-hybridized carbons (Fsp3) is 0.694. The van der Waals surface area contributed by atoms with Crippen LogP contribution in [-0.4, -0.2) is 46.3 Å². The summed E-state index contributed by atoms with van der Waals surface area (Å²) in [6, 6.07) is 9.66. The Kier molecular flexibility index (Phi) is 15.1. The van der Waals surface area contributed by atoms with Gasteiger partial charge in [0.15, 0.2) is 0 Å². The Labute approximate surface area is 261 Å². The lowest BCUT2D eigenvalue weighted by Crippen LogP contribution is -2.55. The highest BCUT2D eigenvalue weighted by molar-refractivity contribution is 5.99. The molecule has 1 N–H and O–H groups in total. The number of guanidine groups is 1. The molecule has 0 heterocycles. The Morgan fingerprint density at radius 3 is 1.86 bits per heavy atom. The SMILES string of the molecule is CC(C)CC(C#Cc1ccccc1)N(/C(=N\C(=O)OC(C)(C)C)NC(=O)OC(C)(C)C)C1CCCCCCCCCCC1. The lowest BCUT2D eigenvalue weighted by molar-refractivity contribution is 0.0548. The van der Waals surface area contributed by atoms with E-state index in [-0.39, 0.29) is 18.0 Å². The Morgan fingerprint density at radius 2 is 1.37 bits per heavy atom. The van der Waals surface area contributed by atoms with Gasteiger partial charge < -0.3 is 14.4 Å². The minimum Gasteiger partial charge on any atom is -0.444 e. The minimum absolute atomic E-state index is 0.0318. The molecular weight excluding hydrogens is 538 g/mol. The third-order valence-electron chi connectivity index (χ3n) is 7.10. The molecule has 240 valence electrons. The number of rotatable bonds is 4. The Morgan fingerprint density at radius 1 is 0.860 bits per heavy atom. The molecule has 1 aliphatic carbocycles. The van der Waals surface area contributed by atoms with Gasteiger partial charge in [-0.25, -0.2) is 9.59 Å². The quantitative estimate of drug-likeness (QED) is 0.213. The summed E-state index contributed by atoms with van der Waals surface area (Å²) in [5, 5.41) is 2.87. The summed E-state index contributed by atoms with van der Waals surface area (Å²) in [7, 11) is 0. The first-order valence-electron chi connectivity index (χ1n) is 16.4. The maximum absolute atomic E-state index is 13.2. The van der Waals surface area contributed by atoms with Crippen molar-refractivity contribution in [2.24, 2.45) is 10.9 Å². The standard InChI is InChI=1S/C36H57N3O4/c1-28(2)27-31(26-25-29-21-17-16-18-22-29)39(30-23-19-14-12-10-9-11-13-15-20-24-30)32(37-33(40)42-35(3,4)5)38-34(41)43-36(6,7)8/h16-18,21-22,28,30-31H,9-15,19-20,23-24,27H2,1-8H3,(H,37,38,40,41). The number of hydrogen-bond donors (Lipinski definition) is 1. The number of amides is 2. The Balaban J connectivity index is 2.67. The maximum Gasteiger partial charge on any atom is 0.437 e. The zero-order chi connectivity index (χ0) is 31.9. The third kappa shape index (κ3) is 15.9. The molecule has 7 nitrogen and oxygen atoms in total. The van der Waals surface area contributed by atoms with E-state index in [1.54, 1.807) is 20.8 Å². The summed E-state index contributed by atoms with van der Waals surface area (Å²) in [6.07, 6.45) is 11.9. The van der Waals surface area contributed by atoms with Gasteiger partial charge in [0.2, 0.25) is 5.96 Å². The fourth-order valence-electron chi connectivity index (χ4n) is 5.29. The lowest BCUT2D eigenvalue weighted by Gasteiger charge is -2.39. The highest BCUT2D eigenvalue weighted by Gasteiger charge is 2.32.